The van der Waals surface area contributed by atoms with Crippen LogP contribution in [0.2, 0.25) is 0 Å². The Bertz CT molecular complexity index is 536. The second-order valence-electron chi connectivity index (χ2n) is 4.92. The quantitative estimate of drug-likeness (QED) is 0.879. The van der Waals surface area contributed by atoms with Gasteiger partial charge in [0.05, 0.1) is 6.04 Å². The molecule has 0 aliphatic carbocycles. The van der Waals surface area contributed by atoms with Crippen molar-refractivity contribution in [2.24, 2.45) is 0 Å². The molecule has 2 N–H and O–H groups in total. The molecule has 0 bridgehead atoms. The summed E-state index contributed by atoms with van der Waals surface area (Å²) in [5.41, 5.74) is 4.25. The molecule has 1 aromatic heterocycles. The van der Waals surface area contributed by atoms with Gasteiger partial charge in [-0.2, -0.15) is 0 Å². The summed E-state index contributed by atoms with van der Waals surface area (Å²) in [6, 6.07) is 7.16. The van der Waals surface area contributed by atoms with E-state index in [0.717, 1.165) is 26.1 Å². The van der Waals surface area contributed by atoms with Gasteiger partial charge in [-0.15, -0.1) is 11.3 Å². The summed E-state index contributed by atoms with van der Waals surface area (Å²) >= 11 is 1.73. The second kappa shape index (κ2) is 5.82. The van der Waals surface area contributed by atoms with Crippen LogP contribution in [0.25, 0.3) is 0 Å². The van der Waals surface area contributed by atoms with E-state index in [1.54, 1.807) is 11.3 Å². The Morgan fingerprint density at radius 2 is 2.26 bits per heavy atom. The smallest absolute Gasteiger partial charge is 0.109 e. The molecule has 0 saturated heterocycles. The fourth-order valence-electron chi connectivity index (χ4n) is 2.51. The van der Waals surface area contributed by atoms with Gasteiger partial charge in [0.15, 0.2) is 0 Å². The number of hydrogen-bond acceptors (Lipinski definition) is 4. The van der Waals surface area contributed by atoms with E-state index < -0.39 is 0 Å². The highest BCUT2D eigenvalue weighted by Crippen LogP contribution is 2.21. The van der Waals surface area contributed by atoms with E-state index >= 15 is 0 Å². The van der Waals surface area contributed by atoms with Gasteiger partial charge in [-0.1, -0.05) is 25.1 Å². The zero-order valence-corrected chi connectivity index (χ0v) is 12.0. The van der Waals surface area contributed by atoms with Crippen molar-refractivity contribution in [3.63, 3.8) is 0 Å². The predicted octanol–water partition coefficient (Wildman–Crippen LogP) is 2.99. The van der Waals surface area contributed by atoms with Crippen LogP contribution in [-0.4, -0.2) is 4.98 Å². The first-order valence-electron chi connectivity index (χ1n) is 6.81. The van der Waals surface area contributed by atoms with Gasteiger partial charge in [-0.3, -0.25) is 0 Å². The van der Waals surface area contributed by atoms with E-state index in [-0.39, 0.29) is 0 Å². The van der Waals surface area contributed by atoms with Crippen molar-refractivity contribution in [1.82, 2.24) is 15.6 Å². The first kappa shape index (κ1) is 12.8. The Hall–Kier alpha value is -1.23. The number of thiazole rings is 1. The molecule has 4 heteroatoms. The minimum Gasteiger partial charge on any atom is -0.309 e. The van der Waals surface area contributed by atoms with Crippen molar-refractivity contribution in [2.45, 2.75) is 39.0 Å². The van der Waals surface area contributed by atoms with Crippen LogP contribution in [0.3, 0.4) is 0 Å². The average molecular weight is 273 g/mol. The molecule has 2 heterocycles. The fraction of sp³-hybridized carbons (Fsp3) is 0.400. The molecular formula is C15H19N3S. The van der Waals surface area contributed by atoms with Gasteiger partial charge in [0.1, 0.15) is 5.01 Å². The highest BCUT2D eigenvalue weighted by molar-refractivity contribution is 7.09. The normalized spacial score (nSPS) is 15.4. The summed E-state index contributed by atoms with van der Waals surface area (Å²) in [5.74, 6) is 0. The zero-order valence-electron chi connectivity index (χ0n) is 11.1. The molecule has 19 heavy (non-hydrogen) atoms. The topological polar surface area (TPSA) is 37.0 Å². The lowest BCUT2D eigenvalue weighted by molar-refractivity contribution is 0.516. The lowest BCUT2D eigenvalue weighted by Gasteiger charge is -2.14. The Morgan fingerprint density at radius 1 is 1.37 bits per heavy atom. The molecule has 1 aliphatic rings. The van der Waals surface area contributed by atoms with Crippen molar-refractivity contribution in [3.05, 3.63) is 51.5 Å². The van der Waals surface area contributed by atoms with Gasteiger partial charge in [-0.25, -0.2) is 4.98 Å². The maximum absolute atomic E-state index is 4.40. The van der Waals surface area contributed by atoms with Gasteiger partial charge < -0.3 is 10.6 Å². The van der Waals surface area contributed by atoms with Gasteiger partial charge in [0.2, 0.25) is 0 Å². The molecule has 1 aliphatic heterocycles. The van der Waals surface area contributed by atoms with Crippen LogP contribution < -0.4 is 10.6 Å². The van der Waals surface area contributed by atoms with E-state index in [1.165, 1.54) is 21.7 Å². The standard InChI is InChI=1S/C15H19N3S/c1-2-14(15-17-5-6-19-15)18-8-11-3-4-12-9-16-10-13(12)7-11/h3-7,14,16,18H,2,8-10H2,1H3. The fourth-order valence-corrected chi connectivity index (χ4v) is 3.31. The number of fused-ring (bicyclic) bond motifs is 1. The number of aromatic nitrogens is 1. The van der Waals surface area contributed by atoms with Gasteiger partial charge >= 0.3 is 0 Å². The van der Waals surface area contributed by atoms with Crippen molar-refractivity contribution >= 4 is 11.3 Å². The summed E-state index contributed by atoms with van der Waals surface area (Å²) < 4.78 is 0. The minimum atomic E-state index is 0.367. The molecule has 0 radical (unpaired) electrons. The van der Waals surface area contributed by atoms with Crippen LogP contribution in [0.5, 0.6) is 0 Å². The second-order valence-corrected chi connectivity index (χ2v) is 5.84. The maximum Gasteiger partial charge on any atom is 0.109 e. The molecule has 2 aromatic rings. The van der Waals surface area contributed by atoms with Crippen LogP contribution in [0.15, 0.2) is 29.8 Å². The van der Waals surface area contributed by atoms with Crippen LogP contribution >= 0.6 is 11.3 Å². The molecule has 1 atom stereocenters. The number of rotatable bonds is 5. The van der Waals surface area contributed by atoms with Gasteiger partial charge in [-0.05, 0) is 23.1 Å². The molecule has 1 aromatic carbocycles. The minimum absolute atomic E-state index is 0.367. The third-order valence-electron chi connectivity index (χ3n) is 3.61. The van der Waals surface area contributed by atoms with Crippen molar-refractivity contribution in [2.75, 3.05) is 0 Å². The first-order valence-corrected chi connectivity index (χ1v) is 7.69. The van der Waals surface area contributed by atoms with Crippen LogP contribution in [0, 0.1) is 0 Å². The van der Waals surface area contributed by atoms with Crippen LogP contribution in [0.4, 0.5) is 0 Å². The summed E-state index contributed by atoms with van der Waals surface area (Å²) in [6.07, 6.45) is 2.95. The summed E-state index contributed by atoms with van der Waals surface area (Å²) in [4.78, 5) is 4.40. The third kappa shape index (κ3) is 2.86. The molecule has 0 saturated carbocycles. The van der Waals surface area contributed by atoms with Crippen molar-refractivity contribution < 1.29 is 0 Å². The SMILES string of the molecule is CCC(NCc1ccc2c(c1)CNC2)c1nccs1. The Morgan fingerprint density at radius 3 is 3.05 bits per heavy atom. The van der Waals surface area contributed by atoms with Crippen LogP contribution in [-0.2, 0) is 19.6 Å². The molecule has 0 fully saturated rings. The number of benzene rings is 1. The molecule has 3 rings (SSSR count). The summed E-state index contributed by atoms with van der Waals surface area (Å²) in [7, 11) is 0. The molecule has 0 spiro atoms. The van der Waals surface area contributed by atoms with Crippen LogP contribution in [0.1, 0.15) is 41.1 Å². The molecular weight excluding hydrogens is 254 g/mol. The Balaban J connectivity index is 1.65. The summed E-state index contributed by atoms with van der Waals surface area (Å²) in [6.45, 7) is 5.13. The molecule has 1 unspecified atom stereocenters. The van der Waals surface area contributed by atoms with Crippen molar-refractivity contribution in [1.29, 1.82) is 0 Å². The molecule has 3 nitrogen and oxygen atoms in total. The summed E-state index contributed by atoms with van der Waals surface area (Å²) in [5, 5.41) is 10.2. The van der Waals surface area contributed by atoms with E-state index in [4.69, 9.17) is 0 Å². The first-order chi connectivity index (χ1) is 9.36. The van der Waals surface area contributed by atoms with E-state index in [0.29, 0.717) is 6.04 Å². The van der Waals surface area contributed by atoms with E-state index in [9.17, 15) is 0 Å². The average Bonchev–Trinajstić information content (AvgIpc) is 3.10. The van der Waals surface area contributed by atoms with Gasteiger partial charge in [0.25, 0.3) is 0 Å². The number of nitrogens with one attached hydrogen (secondary N) is 2. The maximum atomic E-state index is 4.40. The monoisotopic (exact) mass is 273 g/mol. The highest BCUT2D eigenvalue weighted by Gasteiger charge is 2.13. The lowest BCUT2D eigenvalue weighted by Crippen LogP contribution is -2.20. The molecule has 100 valence electrons. The van der Waals surface area contributed by atoms with E-state index in [2.05, 4.69) is 40.7 Å². The molecule has 0 amide bonds. The third-order valence-corrected chi connectivity index (χ3v) is 4.50. The lowest BCUT2D eigenvalue weighted by atomic mass is 10.1. The predicted molar refractivity (Wildman–Crippen MR) is 79.0 cm³/mol. The largest absolute Gasteiger partial charge is 0.309 e. The Kier molecular flexibility index (Phi) is 3.92. The number of nitrogens with zero attached hydrogens (tertiary/aromatic N) is 1. The van der Waals surface area contributed by atoms with E-state index in [1.807, 2.05) is 11.6 Å². The number of hydrogen-bond donors (Lipinski definition) is 2. The van der Waals surface area contributed by atoms with Crippen molar-refractivity contribution in [3.8, 4) is 0 Å². The highest BCUT2D eigenvalue weighted by atomic mass is 32.1. The zero-order chi connectivity index (χ0) is 13.1. The van der Waals surface area contributed by atoms with Gasteiger partial charge in [0, 0.05) is 31.2 Å². The Labute approximate surface area is 118 Å².